The van der Waals surface area contributed by atoms with Crippen molar-refractivity contribution >= 4 is 12.0 Å². The molecule has 3 nitrogen and oxygen atoms in total. The summed E-state index contributed by atoms with van der Waals surface area (Å²) in [6.45, 7) is 0. The van der Waals surface area contributed by atoms with Gasteiger partial charge in [-0.2, -0.15) is 5.10 Å². The summed E-state index contributed by atoms with van der Waals surface area (Å²) in [4.78, 5) is 10.8. The van der Waals surface area contributed by atoms with Crippen LogP contribution in [0.25, 0.3) is 6.20 Å². The summed E-state index contributed by atoms with van der Waals surface area (Å²) >= 11 is 0. The topological polar surface area (TPSA) is 34.9 Å². The van der Waals surface area contributed by atoms with Gasteiger partial charge in [-0.3, -0.25) is 4.79 Å². The maximum absolute atomic E-state index is 10.8. The summed E-state index contributed by atoms with van der Waals surface area (Å²) in [5.41, 5.74) is 0.648. The lowest BCUT2D eigenvalue weighted by Crippen LogP contribution is -1.93. The molecule has 0 amide bonds. The number of carbonyl (C=O) groups is 1. The number of hydrogen-bond donors (Lipinski definition) is 0. The number of carbonyl (C=O) groups excluding carboxylic acids is 1. The van der Waals surface area contributed by atoms with Gasteiger partial charge in [0.05, 0.1) is 6.20 Å². The van der Waals surface area contributed by atoms with Crippen molar-refractivity contribution in [1.82, 2.24) is 9.78 Å². The molecule has 0 atom stereocenters. The second-order valence-electron chi connectivity index (χ2n) is 1.84. The molecule has 1 aromatic heterocycles. The summed E-state index contributed by atoms with van der Waals surface area (Å²) in [7, 11) is 0. The number of aromatic nitrogens is 2. The van der Waals surface area contributed by atoms with Crippen LogP contribution in [0.4, 0.5) is 0 Å². The first-order valence-corrected chi connectivity index (χ1v) is 2.64. The van der Waals surface area contributed by atoms with E-state index in [1.165, 1.54) is 6.08 Å². The lowest BCUT2D eigenvalue weighted by Gasteiger charge is -1.84. The summed E-state index contributed by atoms with van der Waals surface area (Å²) in [5, 5.41) is 3.86. The van der Waals surface area contributed by atoms with Crippen LogP contribution in [0.15, 0.2) is 18.3 Å². The third-order valence-electron chi connectivity index (χ3n) is 1.29. The summed E-state index contributed by atoms with van der Waals surface area (Å²) in [5.74, 6) is 0.0347. The van der Waals surface area contributed by atoms with Crippen molar-refractivity contribution in [2.24, 2.45) is 0 Å². The first-order chi connectivity index (χ1) is 4.38. The zero-order valence-corrected chi connectivity index (χ0v) is 4.61. The van der Waals surface area contributed by atoms with Gasteiger partial charge in [-0.1, -0.05) is 0 Å². The Bertz CT molecular complexity index is 285. The van der Waals surface area contributed by atoms with E-state index in [0.29, 0.717) is 5.69 Å². The highest BCUT2D eigenvalue weighted by Gasteiger charge is 2.12. The first-order valence-electron chi connectivity index (χ1n) is 2.64. The SMILES string of the molecule is O=C1C=Cn2nccc21. The van der Waals surface area contributed by atoms with E-state index in [0.717, 1.165) is 0 Å². The van der Waals surface area contributed by atoms with Crippen molar-refractivity contribution in [3.05, 3.63) is 24.0 Å². The maximum atomic E-state index is 10.8. The van der Waals surface area contributed by atoms with Crippen LogP contribution in [0.2, 0.25) is 0 Å². The van der Waals surface area contributed by atoms with Gasteiger partial charge in [0.15, 0.2) is 0 Å². The van der Waals surface area contributed by atoms with Gasteiger partial charge in [-0.25, -0.2) is 4.68 Å². The summed E-state index contributed by atoms with van der Waals surface area (Å²) in [6.07, 6.45) is 4.76. The van der Waals surface area contributed by atoms with Crippen LogP contribution in [0, 0.1) is 0 Å². The molecular weight excluding hydrogens is 116 g/mol. The molecular formula is C6H4N2O. The van der Waals surface area contributed by atoms with Gasteiger partial charge in [0, 0.05) is 12.3 Å². The number of nitrogens with zero attached hydrogens (tertiary/aromatic N) is 2. The van der Waals surface area contributed by atoms with E-state index in [2.05, 4.69) is 5.10 Å². The Morgan fingerprint density at radius 1 is 1.56 bits per heavy atom. The van der Waals surface area contributed by atoms with Gasteiger partial charge in [0.2, 0.25) is 5.78 Å². The Kier molecular flexibility index (Phi) is 0.656. The van der Waals surface area contributed by atoms with Crippen LogP contribution >= 0.6 is 0 Å². The van der Waals surface area contributed by atoms with Gasteiger partial charge in [-0.05, 0) is 6.07 Å². The minimum atomic E-state index is 0.0347. The molecule has 0 spiro atoms. The molecule has 0 saturated heterocycles. The predicted octanol–water partition coefficient (Wildman–Crippen LogP) is 0.550. The molecule has 0 N–H and O–H groups in total. The normalized spacial score (nSPS) is 14.4. The third kappa shape index (κ3) is 0.455. The van der Waals surface area contributed by atoms with E-state index >= 15 is 0 Å². The smallest absolute Gasteiger partial charge is 0.205 e. The fourth-order valence-electron chi connectivity index (χ4n) is 0.852. The fourth-order valence-corrected chi connectivity index (χ4v) is 0.852. The van der Waals surface area contributed by atoms with Crippen molar-refractivity contribution in [1.29, 1.82) is 0 Å². The molecule has 0 aliphatic carbocycles. The quantitative estimate of drug-likeness (QED) is 0.501. The highest BCUT2D eigenvalue weighted by atomic mass is 16.1. The Labute approximate surface area is 51.6 Å². The Balaban J connectivity index is 2.73. The maximum Gasteiger partial charge on any atom is 0.205 e. The molecule has 2 rings (SSSR count). The molecule has 1 aliphatic rings. The van der Waals surface area contributed by atoms with E-state index < -0.39 is 0 Å². The van der Waals surface area contributed by atoms with Crippen LogP contribution in [0.3, 0.4) is 0 Å². The molecule has 0 aromatic carbocycles. The number of fused-ring (bicyclic) bond motifs is 1. The minimum Gasteiger partial charge on any atom is -0.287 e. The van der Waals surface area contributed by atoms with Gasteiger partial charge in [0.25, 0.3) is 0 Å². The van der Waals surface area contributed by atoms with Crippen molar-refractivity contribution in [2.45, 2.75) is 0 Å². The zero-order chi connectivity index (χ0) is 6.27. The van der Waals surface area contributed by atoms with E-state index in [4.69, 9.17) is 0 Å². The Morgan fingerprint density at radius 3 is 3.22 bits per heavy atom. The van der Waals surface area contributed by atoms with Crippen LogP contribution in [-0.2, 0) is 0 Å². The average Bonchev–Trinajstić information content (AvgIpc) is 2.35. The lowest BCUT2D eigenvalue weighted by atomic mass is 10.3. The third-order valence-corrected chi connectivity index (χ3v) is 1.29. The van der Waals surface area contributed by atoms with E-state index in [-0.39, 0.29) is 5.78 Å². The average molecular weight is 120 g/mol. The van der Waals surface area contributed by atoms with Gasteiger partial charge in [-0.15, -0.1) is 0 Å². The molecule has 3 heteroatoms. The van der Waals surface area contributed by atoms with Crippen LogP contribution in [0.5, 0.6) is 0 Å². The van der Waals surface area contributed by atoms with E-state index in [1.54, 1.807) is 23.1 Å². The molecule has 1 aliphatic heterocycles. The monoisotopic (exact) mass is 120 g/mol. The minimum absolute atomic E-state index is 0.0347. The largest absolute Gasteiger partial charge is 0.287 e. The Morgan fingerprint density at radius 2 is 2.44 bits per heavy atom. The van der Waals surface area contributed by atoms with Crippen LogP contribution in [0.1, 0.15) is 10.5 Å². The predicted molar refractivity (Wildman–Crippen MR) is 31.9 cm³/mol. The molecule has 2 heterocycles. The highest BCUT2D eigenvalue weighted by molar-refractivity contribution is 6.08. The molecule has 1 aromatic rings. The van der Waals surface area contributed by atoms with Crippen LogP contribution in [-0.4, -0.2) is 15.6 Å². The first kappa shape index (κ1) is 4.49. The zero-order valence-electron chi connectivity index (χ0n) is 4.61. The molecule has 9 heavy (non-hydrogen) atoms. The van der Waals surface area contributed by atoms with Gasteiger partial charge >= 0.3 is 0 Å². The molecule has 0 saturated carbocycles. The standard InChI is InChI=1S/C6H4N2O/c9-6-2-4-8-5(6)1-3-7-8/h1-4H. The molecule has 44 valence electrons. The van der Waals surface area contributed by atoms with Crippen molar-refractivity contribution < 1.29 is 4.79 Å². The van der Waals surface area contributed by atoms with E-state index in [1.807, 2.05) is 0 Å². The summed E-state index contributed by atoms with van der Waals surface area (Å²) in [6, 6.07) is 1.70. The molecule has 0 fully saturated rings. The Hall–Kier alpha value is -1.38. The molecule has 0 unspecified atom stereocenters. The second kappa shape index (κ2) is 1.31. The van der Waals surface area contributed by atoms with Crippen molar-refractivity contribution in [3.8, 4) is 0 Å². The fraction of sp³-hybridized carbons (Fsp3) is 0. The molecule has 0 bridgehead atoms. The van der Waals surface area contributed by atoms with E-state index in [9.17, 15) is 4.79 Å². The number of allylic oxidation sites excluding steroid dienone is 1. The van der Waals surface area contributed by atoms with Gasteiger partial charge < -0.3 is 0 Å². The number of ketones is 1. The second-order valence-corrected chi connectivity index (χ2v) is 1.84. The van der Waals surface area contributed by atoms with Crippen molar-refractivity contribution in [2.75, 3.05) is 0 Å². The summed E-state index contributed by atoms with van der Waals surface area (Å²) < 4.78 is 1.56. The van der Waals surface area contributed by atoms with Gasteiger partial charge in [0.1, 0.15) is 5.69 Å². The lowest BCUT2D eigenvalue weighted by molar-refractivity contribution is 0.104. The van der Waals surface area contributed by atoms with Crippen LogP contribution < -0.4 is 0 Å². The molecule has 0 radical (unpaired) electrons. The number of hydrogen-bond acceptors (Lipinski definition) is 2. The van der Waals surface area contributed by atoms with Crippen molar-refractivity contribution in [3.63, 3.8) is 0 Å². The number of rotatable bonds is 0. The highest BCUT2D eigenvalue weighted by Crippen LogP contribution is 2.07.